The second kappa shape index (κ2) is 7.45. The Morgan fingerprint density at radius 2 is 2.11 bits per heavy atom. The number of carbonyl (C=O) groups is 1. The third kappa shape index (κ3) is 4.47. The molecule has 0 N–H and O–H groups in total. The Morgan fingerprint density at radius 3 is 2.68 bits per heavy atom. The van der Waals surface area contributed by atoms with Gasteiger partial charge in [0.2, 0.25) is 0 Å². The van der Waals surface area contributed by atoms with E-state index >= 15 is 0 Å². The monoisotopic (exact) mass is 290 g/mol. The van der Waals surface area contributed by atoms with Crippen LogP contribution in [-0.4, -0.2) is 34.7 Å². The number of benzene rings is 1. The van der Waals surface area contributed by atoms with E-state index in [4.69, 9.17) is 4.74 Å². The number of ketones is 1. The van der Waals surface area contributed by atoms with E-state index < -0.39 is 33.5 Å². The quantitative estimate of drug-likeness (QED) is 0.572. The van der Waals surface area contributed by atoms with Gasteiger partial charge in [-0.2, -0.15) is 0 Å². The fourth-order valence-corrected chi connectivity index (χ4v) is 2.67. The van der Waals surface area contributed by atoms with Crippen LogP contribution in [0.2, 0.25) is 0 Å². The third-order valence-corrected chi connectivity index (χ3v) is 4.35. The average Bonchev–Trinajstić information content (AvgIpc) is 2.37. The summed E-state index contributed by atoms with van der Waals surface area (Å²) in [6, 6.07) is 2.74. The van der Waals surface area contributed by atoms with Crippen molar-refractivity contribution in [1.29, 1.82) is 0 Å². The second-order valence-electron chi connectivity index (χ2n) is 4.06. The third-order valence-electron chi connectivity index (χ3n) is 2.65. The molecule has 0 radical (unpaired) electrons. The molecule has 1 aromatic rings. The first-order valence-electron chi connectivity index (χ1n) is 5.82. The topological polar surface area (TPSA) is 43.4 Å². The molecule has 0 aliphatic rings. The summed E-state index contributed by atoms with van der Waals surface area (Å²) < 4.78 is 42.9. The predicted octanol–water partition coefficient (Wildman–Crippen LogP) is 2.32. The summed E-state index contributed by atoms with van der Waals surface area (Å²) in [6.45, 7) is 1.94. The summed E-state index contributed by atoms with van der Waals surface area (Å²) >= 11 is 0. The molecule has 0 heterocycles. The molecule has 19 heavy (non-hydrogen) atoms. The van der Waals surface area contributed by atoms with E-state index in [-0.39, 0.29) is 5.56 Å². The van der Waals surface area contributed by atoms with Gasteiger partial charge in [0.1, 0.15) is 11.6 Å². The summed E-state index contributed by atoms with van der Waals surface area (Å²) in [6.07, 6.45) is 0.562. The van der Waals surface area contributed by atoms with Gasteiger partial charge in [-0.3, -0.25) is 9.00 Å². The molecule has 1 aromatic carbocycles. The van der Waals surface area contributed by atoms with Crippen LogP contribution in [0, 0.1) is 11.6 Å². The summed E-state index contributed by atoms with van der Waals surface area (Å²) in [5.74, 6) is -1.94. The zero-order valence-corrected chi connectivity index (χ0v) is 11.6. The van der Waals surface area contributed by atoms with Gasteiger partial charge in [0.05, 0.1) is 10.8 Å². The van der Waals surface area contributed by atoms with Gasteiger partial charge in [-0.1, -0.05) is 0 Å². The molecule has 0 aromatic heterocycles. The minimum atomic E-state index is -1.40. The van der Waals surface area contributed by atoms with E-state index in [1.54, 1.807) is 0 Å². The lowest BCUT2D eigenvalue weighted by atomic mass is 10.1. The number of methoxy groups -OCH3 is 1. The minimum absolute atomic E-state index is 0.228. The van der Waals surface area contributed by atoms with Crippen LogP contribution in [0.3, 0.4) is 0 Å². The van der Waals surface area contributed by atoms with Crippen molar-refractivity contribution in [3.8, 4) is 0 Å². The van der Waals surface area contributed by atoms with Crippen molar-refractivity contribution in [2.75, 3.05) is 19.5 Å². The Morgan fingerprint density at radius 1 is 1.42 bits per heavy atom. The fourth-order valence-electron chi connectivity index (χ4n) is 1.55. The van der Waals surface area contributed by atoms with Crippen LogP contribution in [0.1, 0.15) is 23.7 Å². The smallest absolute Gasteiger partial charge is 0.181 e. The Kier molecular flexibility index (Phi) is 6.24. The molecule has 0 aliphatic heterocycles. The van der Waals surface area contributed by atoms with Crippen LogP contribution in [0.5, 0.6) is 0 Å². The second-order valence-corrected chi connectivity index (χ2v) is 5.94. The molecule has 0 amide bonds. The molecule has 0 bridgehead atoms. The number of Topliss-reactive ketones (excluding diaryl/α,β-unsaturated/α-hetero) is 1. The minimum Gasteiger partial charge on any atom is -0.385 e. The molecule has 6 heteroatoms. The van der Waals surface area contributed by atoms with Gasteiger partial charge in [-0.25, -0.2) is 8.78 Å². The maximum atomic E-state index is 13.5. The molecule has 0 aliphatic carbocycles. The van der Waals surface area contributed by atoms with Gasteiger partial charge in [-0.15, -0.1) is 0 Å². The predicted molar refractivity (Wildman–Crippen MR) is 69.7 cm³/mol. The number of hydrogen-bond acceptors (Lipinski definition) is 3. The summed E-state index contributed by atoms with van der Waals surface area (Å²) in [4.78, 5) is 12.0. The molecular weight excluding hydrogens is 274 g/mol. The normalized spacial score (nSPS) is 14.1. The highest BCUT2D eigenvalue weighted by Gasteiger charge is 2.23. The Balaban J connectivity index is 2.73. The number of hydrogen-bond donors (Lipinski definition) is 0. The highest BCUT2D eigenvalue weighted by molar-refractivity contribution is 7.86. The van der Waals surface area contributed by atoms with E-state index in [2.05, 4.69) is 0 Å². The van der Waals surface area contributed by atoms with Crippen LogP contribution in [0.25, 0.3) is 0 Å². The zero-order chi connectivity index (χ0) is 14.4. The zero-order valence-electron chi connectivity index (χ0n) is 10.8. The van der Waals surface area contributed by atoms with E-state index in [0.29, 0.717) is 24.8 Å². The standard InChI is InChI=1S/C13H16F2O3S/c1-9(19(17)7-3-6-18-2)13(16)11-5-4-10(14)8-12(11)15/h4-5,8-9H,3,6-7H2,1-2H3. The Hall–Kier alpha value is -1.14. The Bertz CT molecular complexity index is 477. The van der Waals surface area contributed by atoms with Gasteiger partial charge in [0.25, 0.3) is 0 Å². The summed E-state index contributed by atoms with van der Waals surface area (Å²) in [5, 5.41) is -0.822. The highest BCUT2D eigenvalue weighted by Crippen LogP contribution is 2.14. The summed E-state index contributed by atoms with van der Waals surface area (Å²) in [5.41, 5.74) is -0.228. The number of ether oxygens (including phenoxy) is 1. The van der Waals surface area contributed by atoms with Crippen LogP contribution in [0.4, 0.5) is 8.78 Å². The van der Waals surface area contributed by atoms with Crippen molar-refractivity contribution in [3.05, 3.63) is 35.4 Å². The largest absolute Gasteiger partial charge is 0.385 e. The van der Waals surface area contributed by atoms with E-state index in [0.717, 1.165) is 12.1 Å². The maximum Gasteiger partial charge on any atom is 0.181 e. The molecule has 0 saturated carbocycles. The SMILES string of the molecule is COCCCS(=O)C(C)C(=O)c1ccc(F)cc1F. The lowest BCUT2D eigenvalue weighted by Gasteiger charge is -2.11. The lowest BCUT2D eigenvalue weighted by Crippen LogP contribution is -2.25. The molecule has 2 atom stereocenters. The molecule has 0 saturated heterocycles. The fraction of sp³-hybridized carbons (Fsp3) is 0.462. The van der Waals surface area contributed by atoms with E-state index in [9.17, 15) is 17.8 Å². The number of carbonyl (C=O) groups excluding carboxylic acids is 1. The van der Waals surface area contributed by atoms with Crippen LogP contribution < -0.4 is 0 Å². The van der Waals surface area contributed by atoms with Gasteiger partial charge >= 0.3 is 0 Å². The first-order chi connectivity index (χ1) is 8.97. The van der Waals surface area contributed by atoms with Crippen molar-refractivity contribution < 1.29 is 22.5 Å². The van der Waals surface area contributed by atoms with Gasteiger partial charge < -0.3 is 4.74 Å². The van der Waals surface area contributed by atoms with Crippen molar-refractivity contribution in [1.82, 2.24) is 0 Å². The molecule has 0 spiro atoms. The molecule has 1 rings (SSSR count). The van der Waals surface area contributed by atoms with Crippen LogP contribution in [-0.2, 0) is 15.5 Å². The van der Waals surface area contributed by atoms with Gasteiger partial charge in [0, 0.05) is 36.3 Å². The maximum absolute atomic E-state index is 13.5. The number of rotatable bonds is 7. The first-order valence-corrected chi connectivity index (χ1v) is 7.21. The lowest BCUT2D eigenvalue weighted by molar-refractivity contribution is 0.0988. The number of halogens is 2. The Labute approximate surface area is 113 Å². The van der Waals surface area contributed by atoms with Gasteiger partial charge in [-0.05, 0) is 25.5 Å². The molecule has 106 valence electrons. The van der Waals surface area contributed by atoms with Crippen LogP contribution in [0.15, 0.2) is 18.2 Å². The summed E-state index contributed by atoms with van der Waals surface area (Å²) in [7, 11) is 0.133. The van der Waals surface area contributed by atoms with E-state index in [1.165, 1.54) is 14.0 Å². The van der Waals surface area contributed by atoms with Crippen LogP contribution >= 0.6 is 0 Å². The average molecular weight is 290 g/mol. The molecule has 2 unspecified atom stereocenters. The highest BCUT2D eigenvalue weighted by atomic mass is 32.2. The first kappa shape index (κ1) is 15.9. The van der Waals surface area contributed by atoms with Crippen molar-refractivity contribution in [3.63, 3.8) is 0 Å². The van der Waals surface area contributed by atoms with Crippen molar-refractivity contribution >= 4 is 16.6 Å². The van der Waals surface area contributed by atoms with E-state index in [1.807, 2.05) is 0 Å². The molecule has 0 fully saturated rings. The molecule has 3 nitrogen and oxygen atoms in total. The van der Waals surface area contributed by atoms with Crippen molar-refractivity contribution in [2.24, 2.45) is 0 Å². The van der Waals surface area contributed by atoms with Gasteiger partial charge in [0.15, 0.2) is 5.78 Å². The van der Waals surface area contributed by atoms with Crippen molar-refractivity contribution in [2.45, 2.75) is 18.6 Å². The molecular formula is C13H16F2O3S.